The van der Waals surface area contributed by atoms with E-state index < -0.39 is 9.84 Å². The van der Waals surface area contributed by atoms with E-state index in [1.54, 1.807) is 7.05 Å². The Morgan fingerprint density at radius 2 is 2.00 bits per heavy atom. The number of likely N-dealkylation sites (N-methyl/N-ethyl adjacent to an activating group) is 1. The zero-order valence-electron chi connectivity index (χ0n) is 8.95. The van der Waals surface area contributed by atoms with Crippen molar-refractivity contribution in [1.29, 1.82) is 0 Å². The predicted molar refractivity (Wildman–Crippen MR) is 62.8 cm³/mol. The summed E-state index contributed by atoms with van der Waals surface area (Å²) in [6.07, 6.45) is 1.07. The van der Waals surface area contributed by atoms with Crippen molar-refractivity contribution >= 4 is 27.2 Å². The van der Waals surface area contributed by atoms with Gasteiger partial charge in [0.1, 0.15) is 0 Å². The molecule has 1 aromatic rings. The zero-order chi connectivity index (χ0) is 12.3. The van der Waals surface area contributed by atoms with Gasteiger partial charge >= 0.3 is 0 Å². The van der Waals surface area contributed by atoms with Crippen molar-refractivity contribution in [3.63, 3.8) is 0 Å². The number of carbonyl (C=O) groups excluding carboxylic acids is 1. The van der Waals surface area contributed by atoms with Crippen molar-refractivity contribution in [3.8, 4) is 0 Å². The Morgan fingerprint density at radius 3 is 2.50 bits per heavy atom. The van der Waals surface area contributed by atoms with Crippen molar-refractivity contribution in [2.24, 2.45) is 0 Å². The van der Waals surface area contributed by atoms with Gasteiger partial charge in [0.2, 0.25) is 0 Å². The smallest absolute Gasteiger partial charge is 0.176 e. The van der Waals surface area contributed by atoms with E-state index in [-0.39, 0.29) is 22.2 Å². The monoisotopic (exact) mass is 261 g/mol. The van der Waals surface area contributed by atoms with Gasteiger partial charge in [-0.15, -0.1) is 0 Å². The lowest BCUT2D eigenvalue weighted by molar-refractivity contribution is 0.0993. The molecule has 0 heterocycles. The van der Waals surface area contributed by atoms with E-state index in [0.717, 1.165) is 6.26 Å². The van der Waals surface area contributed by atoms with Gasteiger partial charge in [-0.05, 0) is 25.2 Å². The van der Waals surface area contributed by atoms with Crippen molar-refractivity contribution in [2.75, 3.05) is 19.8 Å². The Hall–Kier alpha value is -0.910. The summed E-state index contributed by atoms with van der Waals surface area (Å²) >= 11 is 5.76. The van der Waals surface area contributed by atoms with E-state index in [4.69, 9.17) is 11.6 Å². The second-order valence-corrected chi connectivity index (χ2v) is 5.85. The van der Waals surface area contributed by atoms with Crippen molar-refractivity contribution in [3.05, 3.63) is 28.8 Å². The summed E-state index contributed by atoms with van der Waals surface area (Å²) in [7, 11) is -1.71. The molecule has 0 bridgehead atoms. The quantitative estimate of drug-likeness (QED) is 0.826. The molecule has 0 atom stereocenters. The van der Waals surface area contributed by atoms with Gasteiger partial charge in [-0.1, -0.05) is 11.6 Å². The number of nitrogens with one attached hydrogen (secondary N) is 1. The molecule has 1 rings (SSSR count). The molecule has 1 N–H and O–H groups in total. The molecule has 0 saturated heterocycles. The van der Waals surface area contributed by atoms with Gasteiger partial charge in [0, 0.05) is 16.8 Å². The maximum atomic E-state index is 11.6. The largest absolute Gasteiger partial charge is 0.313 e. The lowest BCUT2D eigenvalue weighted by Gasteiger charge is -2.04. The van der Waals surface area contributed by atoms with E-state index >= 15 is 0 Å². The molecular weight excluding hydrogens is 250 g/mol. The first-order valence-corrected chi connectivity index (χ1v) is 6.80. The Kier molecular flexibility index (Phi) is 4.07. The van der Waals surface area contributed by atoms with Crippen LogP contribution in [0.25, 0.3) is 0 Å². The van der Waals surface area contributed by atoms with E-state index in [1.807, 2.05) is 0 Å². The molecule has 0 saturated carbocycles. The molecule has 0 aliphatic heterocycles. The Morgan fingerprint density at radius 1 is 1.38 bits per heavy atom. The molecule has 4 nitrogen and oxygen atoms in total. The lowest BCUT2D eigenvalue weighted by Crippen LogP contribution is -2.18. The Bertz CT molecular complexity index is 511. The molecule has 0 unspecified atom stereocenters. The van der Waals surface area contributed by atoms with Gasteiger partial charge < -0.3 is 5.32 Å². The average molecular weight is 262 g/mol. The Balaban J connectivity index is 3.24. The third-order valence-electron chi connectivity index (χ3n) is 1.96. The van der Waals surface area contributed by atoms with Crippen LogP contribution < -0.4 is 5.32 Å². The average Bonchev–Trinajstić information content (AvgIpc) is 2.16. The molecule has 6 heteroatoms. The molecule has 0 aliphatic rings. The fraction of sp³-hybridized carbons (Fsp3) is 0.300. The van der Waals surface area contributed by atoms with Crippen LogP contribution in [0, 0.1) is 0 Å². The topological polar surface area (TPSA) is 63.2 Å². The third-order valence-corrected chi connectivity index (χ3v) is 3.27. The van der Waals surface area contributed by atoms with Crippen LogP contribution in [0.4, 0.5) is 0 Å². The van der Waals surface area contributed by atoms with Crippen molar-refractivity contribution in [2.45, 2.75) is 4.90 Å². The van der Waals surface area contributed by atoms with Crippen LogP contribution >= 0.6 is 11.6 Å². The van der Waals surface area contributed by atoms with Crippen LogP contribution in [0.15, 0.2) is 23.1 Å². The zero-order valence-corrected chi connectivity index (χ0v) is 10.5. The van der Waals surface area contributed by atoms with Crippen LogP contribution in [-0.4, -0.2) is 34.0 Å². The maximum Gasteiger partial charge on any atom is 0.176 e. The third kappa shape index (κ3) is 3.30. The number of hydrogen-bond donors (Lipinski definition) is 1. The van der Waals surface area contributed by atoms with Crippen LogP contribution in [-0.2, 0) is 9.84 Å². The standard InChI is InChI=1S/C10H12ClNO3S/c1-12-6-10(13)7-3-8(11)5-9(4-7)16(2,14)15/h3-5,12H,6H2,1-2H3. The normalized spacial score (nSPS) is 11.4. The highest BCUT2D eigenvalue weighted by atomic mass is 35.5. The highest BCUT2D eigenvalue weighted by Crippen LogP contribution is 2.19. The minimum atomic E-state index is -3.35. The minimum Gasteiger partial charge on any atom is -0.313 e. The molecule has 0 spiro atoms. The maximum absolute atomic E-state index is 11.6. The highest BCUT2D eigenvalue weighted by molar-refractivity contribution is 7.90. The van der Waals surface area contributed by atoms with Gasteiger partial charge in [-0.2, -0.15) is 0 Å². The van der Waals surface area contributed by atoms with E-state index in [1.165, 1.54) is 18.2 Å². The Labute approximate surface area is 99.5 Å². The summed E-state index contributed by atoms with van der Waals surface area (Å²) in [6, 6.07) is 4.11. The highest BCUT2D eigenvalue weighted by Gasteiger charge is 2.13. The molecule has 16 heavy (non-hydrogen) atoms. The van der Waals surface area contributed by atoms with E-state index in [9.17, 15) is 13.2 Å². The number of benzene rings is 1. The first-order chi connectivity index (χ1) is 7.34. The fourth-order valence-electron chi connectivity index (χ4n) is 1.20. The second kappa shape index (κ2) is 4.95. The van der Waals surface area contributed by atoms with Crippen molar-refractivity contribution < 1.29 is 13.2 Å². The summed E-state index contributed by atoms with van der Waals surface area (Å²) in [5.41, 5.74) is 0.294. The summed E-state index contributed by atoms with van der Waals surface area (Å²) < 4.78 is 22.7. The summed E-state index contributed by atoms with van der Waals surface area (Å²) in [5, 5.41) is 2.94. The SMILES string of the molecule is CNCC(=O)c1cc(Cl)cc(S(C)(=O)=O)c1. The second-order valence-electron chi connectivity index (χ2n) is 3.40. The van der Waals surface area contributed by atoms with Crippen LogP contribution in [0.5, 0.6) is 0 Å². The van der Waals surface area contributed by atoms with Crippen LogP contribution in [0.3, 0.4) is 0 Å². The number of rotatable bonds is 4. The molecule has 0 fully saturated rings. The van der Waals surface area contributed by atoms with E-state index in [2.05, 4.69) is 5.32 Å². The van der Waals surface area contributed by atoms with Crippen LogP contribution in [0.2, 0.25) is 5.02 Å². The summed E-state index contributed by atoms with van der Waals surface area (Å²) in [6.45, 7) is 0.142. The molecule has 88 valence electrons. The van der Waals surface area contributed by atoms with E-state index in [0.29, 0.717) is 5.56 Å². The van der Waals surface area contributed by atoms with Crippen molar-refractivity contribution in [1.82, 2.24) is 5.32 Å². The van der Waals surface area contributed by atoms with Crippen LogP contribution in [0.1, 0.15) is 10.4 Å². The molecular formula is C10H12ClNO3S. The number of ketones is 1. The van der Waals surface area contributed by atoms with Gasteiger partial charge in [0.05, 0.1) is 11.4 Å². The van der Waals surface area contributed by atoms with Gasteiger partial charge in [0.15, 0.2) is 15.6 Å². The fourth-order valence-corrected chi connectivity index (χ4v) is 2.18. The lowest BCUT2D eigenvalue weighted by atomic mass is 10.1. The number of hydrogen-bond acceptors (Lipinski definition) is 4. The first kappa shape index (κ1) is 13.2. The number of carbonyl (C=O) groups is 1. The van der Waals surface area contributed by atoms with Gasteiger partial charge in [-0.25, -0.2) is 8.42 Å². The first-order valence-electron chi connectivity index (χ1n) is 4.53. The number of Topliss-reactive ketones (excluding diaryl/α,β-unsaturated/α-hetero) is 1. The predicted octanol–water partition coefficient (Wildman–Crippen LogP) is 1.15. The van der Waals surface area contributed by atoms with Gasteiger partial charge in [-0.3, -0.25) is 4.79 Å². The summed E-state index contributed by atoms with van der Waals surface area (Å²) in [5.74, 6) is -0.199. The molecule has 0 amide bonds. The number of halogens is 1. The minimum absolute atomic E-state index is 0.0550. The summed E-state index contributed by atoms with van der Waals surface area (Å²) in [4.78, 5) is 11.6. The number of sulfone groups is 1. The molecule has 1 aromatic carbocycles. The van der Waals surface area contributed by atoms with Gasteiger partial charge in [0.25, 0.3) is 0 Å². The molecule has 0 radical (unpaired) electrons. The molecule has 0 aliphatic carbocycles. The molecule has 0 aromatic heterocycles.